The van der Waals surface area contributed by atoms with Gasteiger partial charge in [0, 0.05) is 5.56 Å². The molecule has 102 valence electrons. The van der Waals surface area contributed by atoms with E-state index in [1.165, 1.54) is 18.9 Å². The average molecular weight is 273 g/mol. The molecule has 0 heterocycles. The van der Waals surface area contributed by atoms with Crippen LogP contribution in [-0.2, 0) is 6.42 Å². The molecule has 0 saturated carbocycles. The number of ether oxygens (including phenoxy) is 2. The fourth-order valence-electron chi connectivity index (χ4n) is 1.69. The van der Waals surface area contributed by atoms with Crippen molar-refractivity contribution < 1.29 is 13.9 Å². The van der Waals surface area contributed by atoms with E-state index in [-0.39, 0.29) is 11.6 Å². The van der Waals surface area contributed by atoms with Gasteiger partial charge in [0.25, 0.3) is 0 Å². The first-order valence-electron chi connectivity index (χ1n) is 5.95. The van der Waals surface area contributed by atoms with Crippen LogP contribution in [0, 0.1) is 5.82 Å². The quantitative estimate of drug-likeness (QED) is 0.776. The van der Waals surface area contributed by atoms with Crippen LogP contribution in [0.3, 0.4) is 0 Å². The molecule has 0 fully saturated rings. The van der Waals surface area contributed by atoms with E-state index in [2.05, 4.69) is 6.92 Å². The van der Waals surface area contributed by atoms with Gasteiger partial charge in [-0.05, 0) is 31.2 Å². The summed E-state index contributed by atoms with van der Waals surface area (Å²) in [6.07, 6.45) is 1.54. The third kappa shape index (κ3) is 3.29. The second kappa shape index (κ2) is 7.48. The summed E-state index contributed by atoms with van der Waals surface area (Å²) >= 11 is 1.44. The minimum atomic E-state index is -0.348. The summed E-state index contributed by atoms with van der Waals surface area (Å²) in [6, 6.07) is 1.81. The van der Waals surface area contributed by atoms with Gasteiger partial charge >= 0.3 is 0 Å². The Morgan fingerprint density at radius 1 is 1.33 bits per heavy atom. The normalized spacial score (nSPS) is 10.5. The molecule has 0 bridgehead atoms. The molecule has 1 rings (SSSR count). The molecule has 2 N–H and O–H groups in total. The lowest BCUT2D eigenvalue weighted by Crippen LogP contribution is -2.07. The monoisotopic (exact) mass is 273 g/mol. The van der Waals surface area contributed by atoms with Crippen molar-refractivity contribution in [2.24, 2.45) is 5.73 Å². The van der Waals surface area contributed by atoms with Crippen LogP contribution in [0.25, 0.3) is 0 Å². The second-order valence-corrected chi connectivity index (χ2v) is 4.91. The van der Waals surface area contributed by atoms with E-state index in [0.717, 1.165) is 17.7 Å². The summed E-state index contributed by atoms with van der Waals surface area (Å²) in [4.78, 5) is 0.511. The summed E-state index contributed by atoms with van der Waals surface area (Å²) in [5.74, 6) is 1.32. The summed E-state index contributed by atoms with van der Waals surface area (Å²) in [5, 5.41) is 0. The van der Waals surface area contributed by atoms with Gasteiger partial charge < -0.3 is 15.2 Å². The Balaban J connectivity index is 3.24. The number of nitrogens with two attached hydrogens (primary N) is 1. The van der Waals surface area contributed by atoms with E-state index in [1.54, 1.807) is 7.11 Å². The predicted octanol–water partition coefficient (Wildman–Crippen LogP) is 2.85. The standard InChI is InChI=1S/C13H20FNO2S/c1-4-7-18-13-10(16-2)8-9(5-6-15)12(17-3)11(13)14/h8H,4-7,15H2,1-3H3. The van der Waals surface area contributed by atoms with Crippen LogP contribution < -0.4 is 15.2 Å². The first kappa shape index (κ1) is 15.1. The Kier molecular flexibility index (Phi) is 6.29. The number of rotatable bonds is 7. The molecule has 1 aromatic rings. The minimum absolute atomic E-state index is 0.278. The predicted molar refractivity (Wildman–Crippen MR) is 73.3 cm³/mol. The van der Waals surface area contributed by atoms with Crippen molar-refractivity contribution in [3.63, 3.8) is 0 Å². The highest BCUT2D eigenvalue weighted by molar-refractivity contribution is 7.99. The number of hydrogen-bond donors (Lipinski definition) is 1. The lowest BCUT2D eigenvalue weighted by atomic mass is 10.1. The zero-order valence-corrected chi connectivity index (χ0v) is 11.9. The van der Waals surface area contributed by atoms with E-state index in [9.17, 15) is 4.39 Å². The van der Waals surface area contributed by atoms with Gasteiger partial charge in [0.1, 0.15) is 5.75 Å². The third-order valence-corrected chi connectivity index (χ3v) is 3.79. The summed E-state index contributed by atoms with van der Waals surface area (Å²) in [5.41, 5.74) is 6.27. The van der Waals surface area contributed by atoms with Gasteiger partial charge in [0.2, 0.25) is 0 Å². The molecule has 0 atom stereocenters. The largest absolute Gasteiger partial charge is 0.495 e. The van der Waals surface area contributed by atoms with Gasteiger partial charge in [-0.1, -0.05) is 6.92 Å². The third-order valence-electron chi connectivity index (χ3n) is 2.51. The van der Waals surface area contributed by atoms with E-state index >= 15 is 0 Å². The maximum Gasteiger partial charge on any atom is 0.182 e. The van der Waals surface area contributed by atoms with Gasteiger partial charge in [-0.3, -0.25) is 0 Å². The molecule has 0 aliphatic rings. The van der Waals surface area contributed by atoms with Crippen molar-refractivity contribution in [1.82, 2.24) is 0 Å². The topological polar surface area (TPSA) is 44.5 Å². The number of benzene rings is 1. The van der Waals surface area contributed by atoms with Crippen LogP contribution in [0.5, 0.6) is 11.5 Å². The number of thioether (sulfide) groups is 1. The van der Waals surface area contributed by atoms with E-state index in [0.29, 0.717) is 23.6 Å². The van der Waals surface area contributed by atoms with Gasteiger partial charge in [-0.15, -0.1) is 11.8 Å². The zero-order valence-electron chi connectivity index (χ0n) is 11.1. The molecule has 0 unspecified atom stereocenters. The molecule has 18 heavy (non-hydrogen) atoms. The summed E-state index contributed by atoms with van der Waals surface area (Å²) in [7, 11) is 3.02. The number of methoxy groups -OCH3 is 2. The van der Waals surface area contributed by atoms with Crippen molar-refractivity contribution >= 4 is 11.8 Å². The Morgan fingerprint density at radius 2 is 2.06 bits per heavy atom. The molecule has 3 nitrogen and oxygen atoms in total. The minimum Gasteiger partial charge on any atom is -0.495 e. The first-order valence-corrected chi connectivity index (χ1v) is 6.94. The Hall–Kier alpha value is -0.940. The van der Waals surface area contributed by atoms with Crippen LogP contribution in [0.2, 0.25) is 0 Å². The molecular weight excluding hydrogens is 253 g/mol. The lowest BCUT2D eigenvalue weighted by Gasteiger charge is -2.15. The fraction of sp³-hybridized carbons (Fsp3) is 0.538. The average Bonchev–Trinajstić information content (AvgIpc) is 2.37. The fourth-order valence-corrected chi connectivity index (χ4v) is 2.61. The van der Waals surface area contributed by atoms with E-state index in [1.807, 2.05) is 6.07 Å². The molecule has 5 heteroatoms. The van der Waals surface area contributed by atoms with Crippen LogP contribution in [-0.4, -0.2) is 26.5 Å². The lowest BCUT2D eigenvalue weighted by molar-refractivity contribution is 0.360. The van der Waals surface area contributed by atoms with Gasteiger partial charge in [0.05, 0.1) is 19.1 Å². The second-order valence-electron chi connectivity index (χ2n) is 3.80. The highest BCUT2D eigenvalue weighted by Gasteiger charge is 2.19. The zero-order chi connectivity index (χ0) is 13.5. The van der Waals surface area contributed by atoms with Crippen molar-refractivity contribution in [2.45, 2.75) is 24.7 Å². The maximum absolute atomic E-state index is 14.4. The molecule has 0 amide bonds. The molecule has 0 aromatic heterocycles. The van der Waals surface area contributed by atoms with Gasteiger partial charge in [0.15, 0.2) is 11.6 Å². The Morgan fingerprint density at radius 3 is 2.56 bits per heavy atom. The highest BCUT2D eigenvalue weighted by atomic mass is 32.2. The van der Waals surface area contributed by atoms with Crippen molar-refractivity contribution in [1.29, 1.82) is 0 Å². The van der Waals surface area contributed by atoms with E-state index in [4.69, 9.17) is 15.2 Å². The maximum atomic E-state index is 14.4. The molecule has 0 aliphatic heterocycles. The molecule has 0 saturated heterocycles. The molecule has 0 radical (unpaired) electrons. The van der Waals surface area contributed by atoms with Gasteiger partial charge in [-0.2, -0.15) is 0 Å². The van der Waals surface area contributed by atoms with Crippen molar-refractivity contribution in [3.05, 3.63) is 17.4 Å². The number of halogens is 1. The Labute approximate surface area is 112 Å². The SMILES string of the molecule is CCCSc1c(OC)cc(CCN)c(OC)c1F. The Bertz CT molecular complexity index is 399. The van der Waals surface area contributed by atoms with Crippen LogP contribution in [0.4, 0.5) is 4.39 Å². The van der Waals surface area contributed by atoms with Crippen LogP contribution >= 0.6 is 11.8 Å². The summed E-state index contributed by atoms with van der Waals surface area (Å²) < 4.78 is 24.8. The smallest absolute Gasteiger partial charge is 0.182 e. The first-order chi connectivity index (χ1) is 8.69. The van der Waals surface area contributed by atoms with E-state index < -0.39 is 0 Å². The number of hydrogen-bond acceptors (Lipinski definition) is 4. The van der Waals surface area contributed by atoms with Crippen molar-refractivity contribution in [2.75, 3.05) is 26.5 Å². The van der Waals surface area contributed by atoms with Crippen LogP contribution in [0.1, 0.15) is 18.9 Å². The molecule has 0 aliphatic carbocycles. The van der Waals surface area contributed by atoms with Crippen LogP contribution in [0.15, 0.2) is 11.0 Å². The van der Waals surface area contributed by atoms with Crippen molar-refractivity contribution in [3.8, 4) is 11.5 Å². The molecular formula is C13H20FNO2S. The molecule has 0 spiro atoms. The van der Waals surface area contributed by atoms with Gasteiger partial charge in [-0.25, -0.2) is 4.39 Å². The molecule has 1 aromatic carbocycles. The highest BCUT2D eigenvalue weighted by Crippen LogP contribution is 2.39. The summed E-state index contributed by atoms with van der Waals surface area (Å²) in [6.45, 7) is 2.50.